The van der Waals surface area contributed by atoms with Gasteiger partial charge in [0.2, 0.25) is 0 Å². The normalized spacial score (nSPS) is 13.5. The number of furan rings is 1. The number of nitro groups is 1. The minimum atomic E-state index is -0.434. The maximum Gasteiger partial charge on any atom is 0.269 e. The van der Waals surface area contributed by atoms with Crippen molar-refractivity contribution in [3.63, 3.8) is 0 Å². The Morgan fingerprint density at radius 2 is 2.07 bits per heavy atom. The van der Waals surface area contributed by atoms with Crippen LogP contribution < -0.4 is 5.32 Å². The SMILES string of the molecule is CCc1c(C(=O)NCc2ccco2)c(C2CC2)nn1-c1ccc([N+](=O)[O-])cc1. The molecule has 0 atom stereocenters. The fraction of sp³-hybridized carbons (Fsp3) is 0.300. The van der Waals surface area contributed by atoms with Crippen LogP contribution in [0.5, 0.6) is 0 Å². The molecular formula is C20H20N4O4. The molecule has 1 aliphatic rings. The third-order valence-electron chi connectivity index (χ3n) is 4.84. The molecule has 1 saturated carbocycles. The van der Waals surface area contributed by atoms with Crippen molar-refractivity contribution in [2.45, 2.75) is 38.6 Å². The maximum atomic E-state index is 13.0. The summed E-state index contributed by atoms with van der Waals surface area (Å²) in [5.74, 6) is 0.791. The molecule has 0 bridgehead atoms. The molecule has 1 N–H and O–H groups in total. The van der Waals surface area contributed by atoms with E-state index >= 15 is 0 Å². The van der Waals surface area contributed by atoms with Crippen LogP contribution in [0.15, 0.2) is 47.1 Å². The third-order valence-corrected chi connectivity index (χ3v) is 4.84. The molecule has 0 unspecified atom stereocenters. The Balaban J connectivity index is 1.69. The second-order valence-electron chi connectivity index (χ2n) is 6.78. The molecule has 28 heavy (non-hydrogen) atoms. The topological polar surface area (TPSA) is 103 Å². The number of benzene rings is 1. The lowest BCUT2D eigenvalue weighted by Crippen LogP contribution is -2.24. The van der Waals surface area contributed by atoms with Crippen molar-refractivity contribution in [2.75, 3.05) is 0 Å². The highest BCUT2D eigenvalue weighted by molar-refractivity contribution is 5.97. The number of carbonyl (C=O) groups excluding carboxylic acids is 1. The van der Waals surface area contributed by atoms with E-state index in [1.807, 2.05) is 13.0 Å². The van der Waals surface area contributed by atoms with Gasteiger partial charge >= 0.3 is 0 Å². The largest absolute Gasteiger partial charge is 0.467 e. The number of amides is 1. The summed E-state index contributed by atoms with van der Waals surface area (Å²) in [6, 6.07) is 9.80. The highest BCUT2D eigenvalue weighted by Gasteiger charge is 2.34. The Bertz CT molecular complexity index is 1000. The van der Waals surface area contributed by atoms with Gasteiger partial charge in [-0.05, 0) is 43.5 Å². The van der Waals surface area contributed by atoms with Gasteiger partial charge in [0, 0.05) is 18.1 Å². The van der Waals surface area contributed by atoms with Crippen LogP contribution in [-0.2, 0) is 13.0 Å². The number of rotatable bonds is 7. The van der Waals surface area contributed by atoms with Crippen LogP contribution in [0.3, 0.4) is 0 Å². The zero-order chi connectivity index (χ0) is 19.7. The van der Waals surface area contributed by atoms with E-state index < -0.39 is 4.92 Å². The second kappa shape index (κ2) is 7.30. The predicted molar refractivity (Wildman–Crippen MR) is 101 cm³/mol. The molecule has 4 rings (SSSR count). The van der Waals surface area contributed by atoms with Crippen molar-refractivity contribution < 1.29 is 14.1 Å². The monoisotopic (exact) mass is 380 g/mol. The number of hydrogen-bond acceptors (Lipinski definition) is 5. The third kappa shape index (κ3) is 3.40. The predicted octanol–water partition coefficient (Wildman–Crippen LogP) is 3.74. The van der Waals surface area contributed by atoms with Crippen LogP contribution in [0.2, 0.25) is 0 Å². The Labute approximate surface area is 161 Å². The summed E-state index contributed by atoms with van der Waals surface area (Å²) in [7, 11) is 0. The maximum absolute atomic E-state index is 13.0. The van der Waals surface area contributed by atoms with Gasteiger partial charge in [-0.2, -0.15) is 5.10 Å². The summed E-state index contributed by atoms with van der Waals surface area (Å²) in [6.45, 7) is 2.28. The molecule has 0 aliphatic heterocycles. The molecular weight excluding hydrogens is 360 g/mol. The van der Waals surface area contributed by atoms with Gasteiger partial charge < -0.3 is 9.73 Å². The molecule has 2 aromatic heterocycles. The summed E-state index contributed by atoms with van der Waals surface area (Å²) in [5, 5.41) is 18.5. The van der Waals surface area contributed by atoms with Crippen LogP contribution in [0.25, 0.3) is 5.69 Å². The van der Waals surface area contributed by atoms with Crippen molar-refractivity contribution in [3.8, 4) is 5.69 Å². The highest BCUT2D eigenvalue weighted by Crippen LogP contribution is 2.42. The second-order valence-corrected chi connectivity index (χ2v) is 6.78. The first-order chi connectivity index (χ1) is 13.6. The number of carbonyl (C=O) groups is 1. The first-order valence-electron chi connectivity index (χ1n) is 9.25. The molecule has 1 aliphatic carbocycles. The van der Waals surface area contributed by atoms with Crippen LogP contribution in [0.4, 0.5) is 5.69 Å². The van der Waals surface area contributed by atoms with E-state index in [9.17, 15) is 14.9 Å². The lowest BCUT2D eigenvalue weighted by Gasteiger charge is -2.08. The molecule has 2 heterocycles. The molecule has 8 heteroatoms. The van der Waals surface area contributed by atoms with Crippen molar-refractivity contribution in [1.29, 1.82) is 0 Å². The number of non-ortho nitro benzene ring substituents is 1. The summed E-state index contributed by atoms with van der Waals surface area (Å²) >= 11 is 0. The number of nitro benzene ring substituents is 1. The summed E-state index contributed by atoms with van der Waals surface area (Å²) in [5.41, 5.74) is 2.93. The molecule has 8 nitrogen and oxygen atoms in total. The first-order valence-corrected chi connectivity index (χ1v) is 9.25. The van der Waals surface area contributed by atoms with Crippen LogP contribution in [-0.4, -0.2) is 20.6 Å². The smallest absolute Gasteiger partial charge is 0.269 e. The molecule has 1 amide bonds. The lowest BCUT2D eigenvalue weighted by molar-refractivity contribution is -0.384. The zero-order valence-electron chi connectivity index (χ0n) is 15.4. The van der Waals surface area contributed by atoms with E-state index in [4.69, 9.17) is 9.52 Å². The Morgan fingerprint density at radius 1 is 1.32 bits per heavy atom. The van der Waals surface area contributed by atoms with E-state index in [0.717, 1.165) is 24.2 Å². The van der Waals surface area contributed by atoms with E-state index in [-0.39, 0.29) is 17.5 Å². The fourth-order valence-corrected chi connectivity index (χ4v) is 3.29. The van der Waals surface area contributed by atoms with Crippen LogP contribution in [0.1, 0.15) is 53.2 Å². The number of nitrogens with zero attached hydrogens (tertiary/aromatic N) is 3. The average molecular weight is 380 g/mol. The van der Waals surface area contributed by atoms with E-state index in [1.54, 1.807) is 29.1 Å². The van der Waals surface area contributed by atoms with Gasteiger partial charge in [0.05, 0.1) is 40.4 Å². The first kappa shape index (κ1) is 18.0. The molecule has 0 radical (unpaired) electrons. The van der Waals surface area contributed by atoms with Crippen molar-refractivity contribution in [1.82, 2.24) is 15.1 Å². The average Bonchev–Trinajstić information content (AvgIpc) is 3.27. The minimum Gasteiger partial charge on any atom is -0.467 e. The van der Waals surface area contributed by atoms with Gasteiger partial charge in [0.25, 0.3) is 11.6 Å². The van der Waals surface area contributed by atoms with Crippen molar-refractivity contribution >= 4 is 11.6 Å². The van der Waals surface area contributed by atoms with Crippen LogP contribution >= 0.6 is 0 Å². The molecule has 144 valence electrons. The Kier molecular flexibility index (Phi) is 4.68. The Morgan fingerprint density at radius 3 is 2.64 bits per heavy atom. The standard InChI is InChI=1S/C20H20N4O4/c1-2-17-18(20(25)21-12-16-4-3-11-28-16)19(13-5-6-13)22-23(17)14-7-9-15(10-8-14)24(26)27/h3-4,7-11,13H,2,5-6,12H2,1H3,(H,21,25). The van der Waals surface area contributed by atoms with Gasteiger partial charge in [0.1, 0.15) is 5.76 Å². The van der Waals surface area contributed by atoms with E-state index in [1.165, 1.54) is 12.1 Å². The van der Waals surface area contributed by atoms with Gasteiger partial charge in [-0.15, -0.1) is 0 Å². The van der Waals surface area contributed by atoms with Gasteiger partial charge in [-0.3, -0.25) is 14.9 Å². The molecule has 3 aromatic rings. The molecule has 0 spiro atoms. The molecule has 1 fully saturated rings. The summed E-state index contributed by atoms with van der Waals surface area (Å²) in [4.78, 5) is 23.4. The number of aromatic nitrogens is 2. The Hall–Kier alpha value is -3.42. The van der Waals surface area contributed by atoms with Crippen molar-refractivity contribution in [2.24, 2.45) is 0 Å². The summed E-state index contributed by atoms with van der Waals surface area (Å²) < 4.78 is 7.02. The highest BCUT2D eigenvalue weighted by atomic mass is 16.6. The zero-order valence-corrected chi connectivity index (χ0v) is 15.4. The number of nitrogens with one attached hydrogen (secondary N) is 1. The van der Waals surface area contributed by atoms with E-state index in [2.05, 4.69) is 5.32 Å². The lowest BCUT2D eigenvalue weighted by atomic mass is 10.1. The molecule has 1 aromatic carbocycles. The summed E-state index contributed by atoms with van der Waals surface area (Å²) in [6.07, 6.45) is 4.21. The van der Waals surface area contributed by atoms with Gasteiger partial charge in [-0.25, -0.2) is 4.68 Å². The fourth-order valence-electron chi connectivity index (χ4n) is 3.29. The minimum absolute atomic E-state index is 0.0211. The quantitative estimate of drug-likeness (QED) is 0.497. The van der Waals surface area contributed by atoms with Gasteiger partial charge in [-0.1, -0.05) is 6.92 Å². The van der Waals surface area contributed by atoms with Crippen LogP contribution in [0, 0.1) is 10.1 Å². The molecule has 0 saturated heterocycles. The van der Waals surface area contributed by atoms with E-state index in [0.29, 0.717) is 30.0 Å². The number of hydrogen-bond donors (Lipinski definition) is 1. The van der Waals surface area contributed by atoms with Gasteiger partial charge in [0.15, 0.2) is 0 Å². The van der Waals surface area contributed by atoms with Crippen molar-refractivity contribution in [3.05, 3.63) is 75.5 Å².